The summed E-state index contributed by atoms with van der Waals surface area (Å²) in [5.74, 6) is 0. The second-order valence-corrected chi connectivity index (χ2v) is 7.30. The first kappa shape index (κ1) is 16.9. The average molecular weight is 378 g/mol. The molecular weight excluding hydrogens is 364 g/mol. The molecule has 9 heteroatoms. The van der Waals surface area contributed by atoms with Crippen LogP contribution in [0.5, 0.6) is 0 Å². The zero-order valence-corrected chi connectivity index (χ0v) is 14.8. The van der Waals surface area contributed by atoms with E-state index in [9.17, 15) is 8.42 Å². The van der Waals surface area contributed by atoms with Crippen molar-refractivity contribution in [3.8, 4) is 11.1 Å². The lowest BCUT2D eigenvalue weighted by atomic mass is 10.1. The van der Waals surface area contributed by atoms with Crippen molar-refractivity contribution in [2.24, 2.45) is 0 Å². The Morgan fingerprint density at radius 2 is 1.93 bits per heavy atom. The van der Waals surface area contributed by atoms with Crippen molar-refractivity contribution in [2.45, 2.75) is 5.03 Å². The van der Waals surface area contributed by atoms with Gasteiger partial charge in [-0.25, -0.2) is 4.98 Å². The van der Waals surface area contributed by atoms with Gasteiger partial charge in [-0.05, 0) is 24.3 Å². The molecule has 0 aliphatic heterocycles. The number of pyridine rings is 3. The minimum absolute atomic E-state index is 0.000751. The minimum atomic E-state index is -3.94. The van der Waals surface area contributed by atoms with E-state index in [1.807, 2.05) is 6.07 Å². The first-order valence-electron chi connectivity index (χ1n) is 7.94. The molecule has 4 aromatic rings. The predicted molar refractivity (Wildman–Crippen MR) is 101 cm³/mol. The minimum Gasteiger partial charge on any atom is -0.306 e. The highest BCUT2D eigenvalue weighted by molar-refractivity contribution is 7.92. The van der Waals surface area contributed by atoms with Gasteiger partial charge in [0.2, 0.25) is 0 Å². The van der Waals surface area contributed by atoms with Crippen molar-refractivity contribution in [1.29, 1.82) is 5.41 Å². The first-order valence-corrected chi connectivity index (χ1v) is 9.42. The molecule has 0 spiro atoms. The van der Waals surface area contributed by atoms with Gasteiger partial charge in [-0.1, -0.05) is 12.1 Å². The lowest BCUT2D eigenvalue weighted by molar-refractivity contribution is 0.596. The van der Waals surface area contributed by atoms with E-state index in [2.05, 4.69) is 19.7 Å². The number of hydrogen-bond donors (Lipinski definition) is 2. The fourth-order valence-corrected chi connectivity index (χ4v) is 3.83. The second kappa shape index (κ2) is 6.61. The summed E-state index contributed by atoms with van der Waals surface area (Å²) in [7, 11) is -3.94. The zero-order valence-electron chi connectivity index (χ0n) is 13.9. The Morgan fingerprint density at radius 1 is 1.04 bits per heavy atom. The van der Waals surface area contributed by atoms with Gasteiger partial charge in [-0.3, -0.25) is 19.1 Å². The molecule has 2 N–H and O–H groups in total. The SMILES string of the molecule is N=Cc1ncc(-c2cccnc2)cc1NS(=O)(=O)c1cnc2ccccn12. The fraction of sp³-hybridized carbons (Fsp3) is 0. The number of nitrogens with zero attached hydrogens (tertiary/aromatic N) is 4. The summed E-state index contributed by atoms with van der Waals surface area (Å²) in [5, 5.41) is 7.52. The van der Waals surface area contributed by atoms with E-state index in [1.54, 1.807) is 55.1 Å². The van der Waals surface area contributed by atoms with Crippen LogP contribution >= 0.6 is 0 Å². The van der Waals surface area contributed by atoms with Crippen LogP contribution in [0.1, 0.15) is 5.69 Å². The number of nitrogens with one attached hydrogen (secondary N) is 2. The third-order valence-corrected chi connectivity index (χ3v) is 5.29. The van der Waals surface area contributed by atoms with Crippen LogP contribution in [0.3, 0.4) is 0 Å². The first-order chi connectivity index (χ1) is 13.1. The van der Waals surface area contributed by atoms with Gasteiger partial charge in [0, 0.05) is 42.1 Å². The highest BCUT2D eigenvalue weighted by atomic mass is 32.2. The molecule has 27 heavy (non-hydrogen) atoms. The van der Waals surface area contributed by atoms with Gasteiger partial charge < -0.3 is 5.41 Å². The molecule has 0 radical (unpaired) electrons. The van der Waals surface area contributed by atoms with Crippen LogP contribution in [0.15, 0.2) is 72.4 Å². The molecule has 0 aliphatic rings. The van der Waals surface area contributed by atoms with Crippen LogP contribution < -0.4 is 4.72 Å². The predicted octanol–water partition coefficient (Wildman–Crippen LogP) is 2.59. The third kappa shape index (κ3) is 3.15. The normalized spacial score (nSPS) is 11.4. The van der Waals surface area contributed by atoms with Gasteiger partial charge in [-0.15, -0.1) is 0 Å². The maximum Gasteiger partial charge on any atom is 0.279 e. The molecule has 0 aromatic carbocycles. The summed E-state index contributed by atoms with van der Waals surface area (Å²) in [6.45, 7) is 0. The zero-order chi connectivity index (χ0) is 18.9. The van der Waals surface area contributed by atoms with E-state index in [0.29, 0.717) is 11.2 Å². The van der Waals surface area contributed by atoms with E-state index in [4.69, 9.17) is 5.41 Å². The second-order valence-electron chi connectivity index (χ2n) is 5.67. The summed E-state index contributed by atoms with van der Waals surface area (Å²) in [5.41, 5.74) is 2.41. The molecular formula is C18H14N6O2S. The maximum absolute atomic E-state index is 12.9. The van der Waals surface area contributed by atoms with Crippen molar-refractivity contribution in [2.75, 3.05) is 4.72 Å². The molecule has 0 unspecified atom stereocenters. The molecule has 0 saturated carbocycles. The molecule has 0 atom stereocenters. The Balaban J connectivity index is 1.78. The molecule has 0 amide bonds. The Hall–Kier alpha value is -3.59. The van der Waals surface area contributed by atoms with E-state index < -0.39 is 10.0 Å². The molecule has 4 aromatic heterocycles. The number of hydrogen-bond acceptors (Lipinski definition) is 6. The Morgan fingerprint density at radius 3 is 2.70 bits per heavy atom. The molecule has 4 rings (SSSR count). The number of fused-ring (bicyclic) bond motifs is 1. The average Bonchev–Trinajstić information content (AvgIpc) is 3.13. The molecule has 0 bridgehead atoms. The summed E-state index contributed by atoms with van der Waals surface area (Å²) in [6.07, 6.45) is 8.79. The van der Waals surface area contributed by atoms with E-state index in [1.165, 1.54) is 10.6 Å². The fourth-order valence-electron chi connectivity index (χ4n) is 2.67. The number of aromatic nitrogens is 4. The van der Waals surface area contributed by atoms with Gasteiger partial charge in [-0.2, -0.15) is 8.42 Å². The number of sulfonamides is 1. The topological polar surface area (TPSA) is 113 Å². The van der Waals surface area contributed by atoms with Crippen molar-refractivity contribution >= 4 is 27.6 Å². The highest BCUT2D eigenvalue weighted by Crippen LogP contribution is 2.25. The van der Waals surface area contributed by atoms with Crippen LogP contribution in [0.2, 0.25) is 0 Å². The van der Waals surface area contributed by atoms with Crippen molar-refractivity contribution in [3.05, 3.63) is 73.1 Å². The van der Waals surface area contributed by atoms with Gasteiger partial charge in [0.15, 0.2) is 5.03 Å². The van der Waals surface area contributed by atoms with Gasteiger partial charge >= 0.3 is 0 Å². The lowest BCUT2D eigenvalue weighted by Crippen LogP contribution is -2.16. The van der Waals surface area contributed by atoms with E-state index >= 15 is 0 Å². The summed E-state index contributed by atoms with van der Waals surface area (Å²) in [6, 6.07) is 10.5. The summed E-state index contributed by atoms with van der Waals surface area (Å²) >= 11 is 0. The van der Waals surface area contributed by atoms with Crippen molar-refractivity contribution < 1.29 is 8.42 Å². The van der Waals surface area contributed by atoms with Crippen LogP contribution in [0.4, 0.5) is 5.69 Å². The highest BCUT2D eigenvalue weighted by Gasteiger charge is 2.21. The lowest BCUT2D eigenvalue weighted by Gasteiger charge is -2.11. The molecule has 0 aliphatic carbocycles. The molecule has 4 heterocycles. The smallest absolute Gasteiger partial charge is 0.279 e. The van der Waals surface area contributed by atoms with Crippen LogP contribution in [0, 0.1) is 5.41 Å². The van der Waals surface area contributed by atoms with Gasteiger partial charge in [0.05, 0.1) is 11.9 Å². The van der Waals surface area contributed by atoms with Crippen molar-refractivity contribution in [1.82, 2.24) is 19.4 Å². The quantitative estimate of drug-likeness (QED) is 0.518. The van der Waals surface area contributed by atoms with Gasteiger partial charge in [0.25, 0.3) is 10.0 Å². The molecule has 0 saturated heterocycles. The van der Waals surface area contributed by atoms with E-state index in [-0.39, 0.29) is 16.4 Å². The molecule has 8 nitrogen and oxygen atoms in total. The van der Waals surface area contributed by atoms with E-state index in [0.717, 1.165) is 11.8 Å². The van der Waals surface area contributed by atoms with Crippen molar-refractivity contribution in [3.63, 3.8) is 0 Å². The van der Waals surface area contributed by atoms with Crippen LogP contribution in [-0.2, 0) is 10.0 Å². The molecule has 134 valence electrons. The molecule has 0 fully saturated rings. The largest absolute Gasteiger partial charge is 0.306 e. The van der Waals surface area contributed by atoms with Crippen LogP contribution in [0.25, 0.3) is 16.8 Å². The Bertz CT molecular complexity index is 1240. The summed E-state index contributed by atoms with van der Waals surface area (Å²) < 4.78 is 29.8. The summed E-state index contributed by atoms with van der Waals surface area (Å²) in [4.78, 5) is 12.4. The number of imidazole rings is 1. The monoisotopic (exact) mass is 378 g/mol. The number of anilines is 1. The standard InChI is InChI=1S/C18H14N6O2S/c19-9-16-15(8-14(11-21-16)13-4-3-6-20-10-13)23-27(25,26)18-12-22-17-5-1-2-7-24(17)18/h1-12,19,23H. The van der Waals surface area contributed by atoms with Crippen LogP contribution in [-0.4, -0.2) is 34.0 Å². The third-order valence-electron chi connectivity index (χ3n) is 3.95. The Labute approximate surface area is 155 Å². The van der Waals surface area contributed by atoms with Gasteiger partial charge in [0.1, 0.15) is 11.3 Å². The Kier molecular flexibility index (Phi) is 4.13. The maximum atomic E-state index is 12.9. The number of rotatable bonds is 5.